The molecule has 0 atom stereocenters. The van der Waals surface area contributed by atoms with E-state index in [1.54, 1.807) is 6.92 Å². The Morgan fingerprint density at radius 1 is 1.37 bits per heavy atom. The number of rotatable bonds is 6. The van der Waals surface area contributed by atoms with Gasteiger partial charge in [0.1, 0.15) is 11.0 Å². The van der Waals surface area contributed by atoms with E-state index in [1.807, 2.05) is 13.0 Å². The number of unbranched alkanes of at least 4 members (excludes halogenated alkanes) is 1. The Morgan fingerprint density at radius 2 is 2.05 bits per heavy atom. The van der Waals surface area contributed by atoms with Crippen LogP contribution in [0.2, 0.25) is 5.02 Å². The zero-order valence-electron chi connectivity index (χ0n) is 11.1. The van der Waals surface area contributed by atoms with Crippen molar-refractivity contribution in [2.24, 2.45) is 0 Å². The highest BCUT2D eigenvalue weighted by Crippen LogP contribution is 2.23. The highest BCUT2D eigenvalue weighted by molar-refractivity contribution is 7.89. The molecule has 0 aliphatic heterocycles. The molecule has 0 bridgehead atoms. The van der Waals surface area contributed by atoms with Crippen LogP contribution in [0.4, 0.5) is 0 Å². The number of hydrogen-bond acceptors (Lipinski definition) is 3. The number of halogens is 1. The molecule has 0 saturated carbocycles. The van der Waals surface area contributed by atoms with Gasteiger partial charge in [0.15, 0.2) is 0 Å². The molecule has 0 aromatic heterocycles. The molecule has 1 aromatic carbocycles. The molecule has 0 unspecified atom stereocenters. The molecule has 6 heteroatoms. The van der Waals surface area contributed by atoms with E-state index in [9.17, 15) is 8.42 Å². The molecule has 0 heterocycles. The van der Waals surface area contributed by atoms with Crippen molar-refractivity contribution < 1.29 is 8.42 Å². The van der Waals surface area contributed by atoms with E-state index < -0.39 is 10.0 Å². The Hall–Kier alpha value is -1.09. The molecule has 0 radical (unpaired) electrons. The Labute approximate surface area is 119 Å². The molecule has 0 aliphatic carbocycles. The normalized spacial score (nSPS) is 11.5. The van der Waals surface area contributed by atoms with Crippen LogP contribution in [0.15, 0.2) is 23.1 Å². The second-order valence-electron chi connectivity index (χ2n) is 4.10. The van der Waals surface area contributed by atoms with Crippen LogP contribution in [0.25, 0.3) is 0 Å². The maximum atomic E-state index is 12.5. The van der Waals surface area contributed by atoms with Crippen LogP contribution in [0.1, 0.15) is 32.3 Å². The number of benzene rings is 1. The summed E-state index contributed by atoms with van der Waals surface area (Å²) in [5.41, 5.74) is 0.124. The summed E-state index contributed by atoms with van der Waals surface area (Å²) in [4.78, 5) is -0.0135. The minimum atomic E-state index is -3.66. The van der Waals surface area contributed by atoms with E-state index in [0.717, 1.165) is 12.8 Å². The summed E-state index contributed by atoms with van der Waals surface area (Å²) in [6, 6.07) is 6.19. The predicted molar refractivity (Wildman–Crippen MR) is 75.5 cm³/mol. The maximum absolute atomic E-state index is 12.5. The number of nitrogens with zero attached hydrogens (tertiary/aromatic N) is 2. The van der Waals surface area contributed by atoms with Gasteiger partial charge < -0.3 is 0 Å². The van der Waals surface area contributed by atoms with Crippen molar-refractivity contribution in [3.8, 4) is 6.07 Å². The highest BCUT2D eigenvalue weighted by atomic mass is 35.5. The quantitative estimate of drug-likeness (QED) is 0.811. The summed E-state index contributed by atoms with van der Waals surface area (Å²) in [5.74, 6) is 0. The number of hydrogen-bond donors (Lipinski definition) is 0. The van der Waals surface area contributed by atoms with Crippen molar-refractivity contribution in [3.63, 3.8) is 0 Å². The van der Waals surface area contributed by atoms with Gasteiger partial charge in [0, 0.05) is 18.1 Å². The lowest BCUT2D eigenvalue weighted by Crippen LogP contribution is -2.32. The third-order valence-electron chi connectivity index (χ3n) is 2.80. The second kappa shape index (κ2) is 6.90. The molecule has 0 spiro atoms. The van der Waals surface area contributed by atoms with Crippen LogP contribution in [0.5, 0.6) is 0 Å². The van der Waals surface area contributed by atoms with Gasteiger partial charge in [-0.2, -0.15) is 9.57 Å². The van der Waals surface area contributed by atoms with Gasteiger partial charge in [-0.15, -0.1) is 0 Å². The first kappa shape index (κ1) is 16.0. The van der Waals surface area contributed by atoms with Crippen molar-refractivity contribution in [2.75, 3.05) is 13.1 Å². The van der Waals surface area contributed by atoms with Crippen molar-refractivity contribution in [1.82, 2.24) is 4.31 Å². The van der Waals surface area contributed by atoms with Gasteiger partial charge in [0.25, 0.3) is 0 Å². The molecule has 0 fully saturated rings. The van der Waals surface area contributed by atoms with E-state index in [1.165, 1.54) is 22.5 Å². The maximum Gasteiger partial charge on any atom is 0.244 e. The van der Waals surface area contributed by atoms with Crippen LogP contribution in [-0.2, 0) is 10.0 Å². The molecular weight excluding hydrogens is 284 g/mol. The fraction of sp³-hybridized carbons (Fsp3) is 0.462. The number of sulfonamides is 1. The van der Waals surface area contributed by atoms with Crippen LogP contribution < -0.4 is 0 Å². The molecule has 19 heavy (non-hydrogen) atoms. The summed E-state index contributed by atoms with van der Waals surface area (Å²) in [5, 5.41) is 9.34. The smallest absolute Gasteiger partial charge is 0.207 e. The lowest BCUT2D eigenvalue weighted by atomic mass is 10.2. The largest absolute Gasteiger partial charge is 0.244 e. The van der Waals surface area contributed by atoms with E-state index in [0.29, 0.717) is 18.1 Å². The van der Waals surface area contributed by atoms with Gasteiger partial charge in [-0.25, -0.2) is 8.42 Å². The summed E-state index contributed by atoms with van der Waals surface area (Å²) < 4.78 is 26.4. The first-order valence-electron chi connectivity index (χ1n) is 6.17. The minimum Gasteiger partial charge on any atom is -0.207 e. The highest BCUT2D eigenvalue weighted by Gasteiger charge is 2.25. The zero-order chi connectivity index (χ0) is 14.5. The standard InChI is InChI=1S/C13H17ClN2O2S/c1-3-5-8-16(4-2)19(17,18)13-9-12(14)7-6-11(13)10-15/h6-7,9H,3-5,8H2,1-2H3. The van der Waals surface area contributed by atoms with Crippen LogP contribution in [0.3, 0.4) is 0 Å². The van der Waals surface area contributed by atoms with E-state index in [4.69, 9.17) is 16.9 Å². The van der Waals surface area contributed by atoms with E-state index in [2.05, 4.69) is 0 Å². The molecule has 4 nitrogen and oxygen atoms in total. The van der Waals surface area contributed by atoms with Gasteiger partial charge in [-0.1, -0.05) is 31.9 Å². The first-order valence-corrected chi connectivity index (χ1v) is 7.99. The van der Waals surface area contributed by atoms with Crippen LogP contribution >= 0.6 is 11.6 Å². The molecular formula is C13H17ClN2O2S. The van der Waals surface area contributed by atoms with Crippen molar-refractivity contribution in [1.29, 1.82) is 5.26 Å². The van der Waals surface area contributed by atoms with Gasteiger partial charge >= 0.3 is 0 Å². The lowest BCUT2D eigenvalue weighted by Gasteiger charge is -2.20. The fourth-order valence-electron chi connectivity index (χ4n) is 1.72. The Balaban J connectivity index is 3.25. The van der Waals surface area contributed by atoms with E-state index >= 15 is 0 Å². The first-order chi connectivity index (χ1) is 8.97. The van der Waals surface area contributed by atoms with E-state index in [-0.39, 0.29) is 10.5 Å². The van der Waals surface area contributed by atoms with Crippen LogP contribution in [0, 0.1) is 11.3 Å². The molecule has 104 valence electrons. The third-order valence-corrected chi connectivity index (χ3v) is 5.04. The molecule has 1 aromatic rings. The molecule has 0 saturated heterocycles. The van der Waals surface area contributed by atoms with Gasteiger partial charge in [-0.05, 0) is 24.6 Å². The summed E-state index contributed by atoms with van der Waals surface area (Å²) in [6.07, 6.45) is 1.70. The number of nitriles is 1. The Morgan fingerprint density at radius 3 is 2.58 bits per heavy atom. The lowest BCUT2D eigenvalue weighted by molar-refractivity contribution is 0.419. The summed E-state index contributed by atoms with van der Waals surface area (Å²) >= 11 is 5.84. The van der Waals surface area contributed by atoms with Crippen LogP contribution in [-0.4, -0.2) is 25.8 Å². The van der Waals surface area contributed by atoms with Crippen molar-refractivity contribution >= 4 is 21.6 Å². The minimum absolute atomic E-state index is 0.0135. The topological polar surface area (TPSA) is 61.2 Å². The predicted octanol–water partition coefficient (Wildman–Crippen LogP) is 3.02. The average Bonchev–Trinajstić information content (AvgIpc) is 2.39. The summed E-state index contributed by atoms with van der Waals surface area (Å²) in [6.45, 7) is 4.61. The van der Waals surface area contributed by atoms with Gasteiger partial charge in [0.2, 0.25) is 10.0 Å². The third kappa shape index (κ3) is 3.69. The Kier molecular flexibility index (Phi) is 5.80. The molecule has 0 N–H and O–H groups in total. The second-order valence-corrected chi connectivity index (χ2v) is 6.45. The van der Waals surface area contributed by atoms with Crippen molar-refractivity contribution in [3.05, 3.63) is 28.8 Å². The van der Waals surface area contributed by atoms with Gasteiger partial charge in [0.05, 0.1) is 5.56 Å². The Bertz CT molecular complexity index is 579. The molecule has 1 rings (SSSR count). The average molecular weight is 301 g/mol. The fourth-order valence-corrected chi connectivity index (χ4v) is 3.62. The van der Waals surface area contributed by atoms with Crippen molar-refractivity contribution in [2.45, 2.75) is 31.6 Å². The monoisotopic (exact) mass is 300 g/mol. The van der Waals surface area contributed by atoms with Gasteiger partial charge in [-0.3, -0.25) is 0 Å². The zero-order valence-corrected chi connectivity index (χ0v) is 12.6. The molecule has 0 amide bonds. The summed E-state index contributed by atoms with van der Waals surface area (Å²) in [7, 11) is -3.66. The SMILES string of the molecule is CCCCN(CC)S(=O)(=O)c1cc(Cl)ccc1C#N. The molecule has 0 aliphatic rings.